The van der Waals surface area contributed by atoms with E-state index in [-0.39, 0.29) is 5.56 Å². The lowest BCUT2D eigenvalue weighted by Gasteiger charge is -2.38. The van der Waals surface area contributed by atoms with Crippen molar-refractivity contribution in [1.29, 1.82) is 0 Å². The average molecular weight is 527 g/mol. The fourth-order valence-electron chi connectivity index (χ4n) is 5.95. The molecule has 204 valence electrons. The molecule has 2 aliphatic heterocycles. The molecule has 6 nitrogen and oxygen atoms in total. The summed E-state index contributed by atoms with van der Waals surface area (Å²) >= 11 is 0. The normalized spacial score (nSPS) is 20.3. The number of nitrogens with one attached hydrogen (secondary N) is 1. The standard InChI is InChI=1S/C29H37F3N6/c1-5-21-9-12-37(16-21)23-10-13-36(14-11-23)26-15-22(17-38-28(26)33-18-34-38)19(2)35-20(3)24-7-6-8-25(27(24)30)29(4,31)32/h6-8,15,17-18,20-21,23,35H,2,5,9-14,16H2,1,3-4H3/t20-,21-/m1/s1. The zero-order valence-electron chi connectivity index (χ0n) is 22.4. The van der Waals surface area contributed by atoms with E-state index in [2.05, 4.69) is 38.7 Å². The molecule has 38 heavy (non-hydrogen) atoms. The van der Waals surface area contributed by atoms with Crippen molar-refractivity contribution in [3.05, 3.63) is 65.9 Å². The molecule has 9 heteroatoms. The topological polar surface area (TPSA) is 48.7 Å². The second-order valence-corrected chi connectivity index (χ2v) is 10.9. The summed E-state index contributed by atoms with van der Waals surface area (Å²) in [5.41, 5.74) is 2.67. The summed E-state index contributed by atoms with van der Waals surface area (Å²) in [4.78, 5) is 9.53. The van der Waals surface area contributed by atoms with Crippen molar-refractivity contribution in [3.8, 4) is 0 Å². The molecule has 2 fully saturated rings. The molecule has 1 aromatic carbocycles. The number of hydrogen-bond donors (Lipinski definition) is 1. The third-order valence-corrected chi connectivity index (χ3v) is 8.28. The zero-order chi connectivity index (χ0) is 27.0. The van der Waals surface area contributed by atoms with Gasteiger partial charge in [0.15, 0.2) is 5.65 Å². The second-order valence-electron chi connectivity index (χ2n) is 10.9. The van der Waals surface area contributed by atoms with Gasteiger partial charge in [0.2, 0.25) is 0 Å². The summed E-state index contributed by atoms with van der Waals surface area (Å²) in [6.07, 6.45) is 8.15. The van der Waals surface area contributed by atoms with Crippen molar-refractivity contribution in [1.82, 2.24) is 24.8 Å². The lowest BCUT2D eigenvalue weighted by Crippen LogP contribution is -2.44. The molecule has 0 aliphatic carbocycles. The van der Waals surface area contributed by atoms with Gasteiger partial charge in [-0.3, -0.25) is 4.90 Å². The van der Waals surface area contributed by atoms with Crippen molar-refractivity contribution in [2.45, 2.75) is 64.5 Å². The smallest absolute Gasteiger partial charge is 0.273 e. The number of piperidine rings is 1. The summed E-state index contributed by atoms with van der Waals surface area (Å²) in [7, 11) is 0. The van der Waals surface area contributed by atoms with Crippen LogP contribution in [-0.4, -0.2) is 51.7 Å². The van der Waals surface area contributed by atoms with E-state index in [1.165, 1.54) is 44.4 Å². The molecule has 3 aromatic rings. The van der Waals surface area contributed by atoms with Crippen molar-refractivity contribution < 1.29 is 13.2 Å². The number of hydrogen-bond acceptors (Lipinski definition) is 5. The third kappa shape index (κ3) is 5.25. The Hall–Kier alpha value is -3.07. The number of aromatic nitrogens is 3. The Kier molecular flexibility index (Phi) is 7.40. The zero-order valence-corrected chi connectivity index (χ0v) is 22.4. The van der Waals surface area contributed by atoms with E-state index in [9.17, 15) is 13.2 Å². The molecular formula is C29H37F3N6. The minimum absolute atomic E-state index is 0.168. The van der Waals surface area contributed by atoms with E-state index in [0.717, 1.165) is 54.8 Å². The van der Waals surface area contributed by atoms with E-state index in [0.29, 0.717) is 18.7 Å². The van der Waals surface area contributed by atoms with E-state index in [1.807, 2.05) is 12.3 Å². The monoisotopic (exact) mass is 526 g/mol. The van der Waals surface area contributed by atoms with Gasteiger partial charge in [0.1, 0.15) is 12.1 Å². The number of fused-ring (bicyclic) bond motifs is 1. The number of benzene rings is 1. The minimum atomic E-state index is -3.26. The van der Waals surface area contributed by atoms with Crippen LogP contribution in [0.2, 0.25) is 0 Å². The number of nitrogens with zero attached hydrogens (tertiary/aromatic N) is 5. The number of anilines is 1. The Morgan fingerprint density at radius 3 is 2.66 bits per heavy atom. The number of halogens is 3. The molecule has 0 amide bonds. The quantitative estimate of drug-likeness (QED) is 0.390. The van der Waals surface area contributed by atoms with Gasteiger partial charge < -0.3 is 10.2 Å². The fraction of sp³-hybridized carbons (Fsp3) is 0.517. The van der Waals surface area contributed by atoms with Crippen LogP contribution in [0.5, 0.6) is 0 Å². The Morgan fingerprint density at radius 1 is 1.21 bits per heavy atom. The number of rotatable bonds is 8. The van der Waals surface area contributed by atoms with Crippen molar-refractivity contribution in [3.63, 3.8) is 0 Å². The number of pyridine rings is 1. The molecule has 1 N–H and O–H groups in total. The summed E-state index contributed by atoms with van der Waals surface area (Å²) < 4.78 is 44.4. The van der Waals surface area contributed by atoms with Gasteiger partial charge in [0, 0.05) is 55.6 Å². The van der Waals surface area contributed by atoms with Crippen molar-refractivity contribution >= 4 is 17.0 Å². The highest BCUT2D eigenvalue weighted by molar-refractivity contribution is 5.75. The number of likely N-dealkylation sites (tertiary alicyclic amines) is 1. The largest absolute Gasteiger partial charge is 0.378 e. The van der Waals surface area contributed by atoms with Crippen molar-refractivity contribution in [2.24, 2.45) is 5.92 Å². The lowest BCUT2D eigenvalue weighted by molar-refractivity contribution is 0.0135. The Morgan fingerprint density at radius 2 is 1.97 bits per heavy atom. The van der Waals surface area contributed by atoms with Gasteiger partial charge in [-0.1, -0.05) is 38.1 Å². The minimum Gasteiger partial charge on any atom is -0.378 e. The maximum Gasteiger partial charge on any atom is 0.273 e. The van der Waals surface area contributed by atoms with Gasteiger partial charge in [-0.05, 0) is 44.7 Å². The molecule has 0 radical (unpaired) electrons. The first-order valence-electron chi connectivity index (χ1n) is 13.6. The van der Waals surface area contributed by atoms with Crippen LogP contribution in [0.3, 0.4) is 0 Å². The first kappa shape index (κ1) is 26.5. The predicted molar refractivity (Wildman–Crippen MR) is 145 cm³/mol. The number of alkyl halides is 2. The molecular weight excluding hydrogens is 489 g/mol. The highest BCUT2D eigenvalue weighted by atomic mass is 19.3. The van der Waals surface area contributed by atoms with Crippen LogP contribution in [0.25, 0.3) is 11.3 Å². The summed E-state index contributed by atoms with van der Waals surface area (Å²) in [6, 6.07) is 6.21. The molecule has 0 spiro atoms. The van der Waals surface area contributed by atoms with Crippen molar-refractivity contribution in [2.75, 3.05) is 31.1 Å². The van der Waals surface area contributed by atoms with Gasteiger partial charge in [-0.15, -0.1) is 0 Å². The van der Waals surface area contributed by atoms with E-state index in [4.69, 9.17) is 0 Å². The van der Waals surface area contributed by atoms with Gasteiger partial charge in [0.25, 0.3) is 5.92 Å². The summed E-state index contributed by atoms with van der Waals surface area (Å²) in [5, 5.41) is 7.57. The maximum absolute atomic E-state index is 14.9. The molecule has 0 saturated carbocycles. The molecule has 2 saturated heterocycles. The highest BCUT2D eigenvalue weighted by Crippen LogP contribution is 2.34. The first-order chi connectivity index (χ1) is 18.2. The van der Waals surface area contributed by atoms with Gasteiger partial charge in [0.05, 0.1) is 17.3 Å². The van der Waals surface area contributed by atoms with E-state index < -0.39 is 23.3 Å². The fourth-order valence-corrected chi connectivity index (χ4v) is 5.95. The molecule has 0 bridgehead atoms. The van der Waals surface area contributed by atoms with Gasteiger partial charge in [-0.2, -0.15) is 5.10 Å². The van der Waals surface area contributed by atoms with Gasteiger partial charge in [-0.25, -0.2) is 22.7 Å². The molecule has 2 aliphatic rings. The van der Waals surface area contributed by atoms with Crippen LogP contribution in [-0.2, 0) is 5.92 Å². The first-order valence-corrected chi connectivity index (χ1v) is 13.6. The van der Waals surface area contributed by atoms with Crippen LogP contribution in [0.15, 0.2) is 43.4 Å². The second kappa shape index (κ2) is 10.6. The maximum atomic E-state index is 14.9. The van der Waals surface area contributed by atoms with Crippen LogP contribution >= 0.6 is 0 Å². The lowest BCUT2D eigenvalue weighted by atomic mass is 10.00. The Bertz CT molecular complexity index is 1290. The van der Waals surface area contributed by atoms with Crippen LogP contribution in [0.4, 0.5) is 18.9 Å². The van der Waals surface area contributed by atoms with Gasteiger partial charge >= 0.3 is 0 Å². The molecule has 2 aromatic heterocycles. The van der Waals surface area contributed by atoms with E-state index in [1.54, 1.807) is 11.4 Å². The van der Waals surface area contributed by atoms with Crippen LogP contribution < -0.4 is 10.2 Å². The molecule has 5 rings (SSSR count). The van der Waals surface area contributed by atoms with Crippen LogP contribution in [0.1, 0.15) is 69.2 Å². The molecule has 4 heterocycles. The molecule has 0 unspecified atom stereocenters. The molecule has 2 atom stereocenters. The van der Waals surface area contributed by atoms with E-state index >= 15 is 0 Å². The summed E-state index contributed by atoms with van der Waals surface area (Å²) in [6.45, 7) is 13.2. The average Bonchev–Trinajstić information content (AvgIpc) is 3.57. The Labute approximate surface area is 222 Å². The highest BCUT2D eigenvalue weighted by Gasteiger charge is 2.32. The predicted octanol–water partition coefficient (Wildman–Crippen LogP) is 6.00. The third-order valence-electron chi connectivity index (χ3n) is 8.28. The SMILES string of the molecule is C=C(N[C@H](C)c1cccc(C(C)(F)F)c1F)c1cc(N2CCC(N3CC[C@@H](CC)C3)CC2)c2ncnn2c1. The van der Waals surface area contributed by atoms with Crippen LogP contribution in [0, 0.1) is 11.7 Å². The Balaban J connectivity index is 1.32. The summed E-state index contributed by atoms with van der Waals surface area (Å²) in [5.74, 6) is -3.33.